The molecule has 1 atom stereocenters. The summed E-state index contributed by atoms with van der Waals surface area (Å²) in [6.45, 7) is 5.00. The van der Waals surface area contributed by atoms with Crippen molar-refractivity contribution in [2.24, 2.45) is 0 Å². The minimum atomic E-state index is -0.868. The Morgan fingerprint density at radius 1 is 1.16 bits per heavy atom. The van der Waals surface area contributed by atoms with Crippen molar-refractivity contribution in [2.75, 3.05) is 6.54 Å². The number of furan rings is 1. The Bertz CT molecular complexity index is 551. The molecule has 0 aliphatic heterocycles. The molecule has 0 aliphatic rings. The summed E-state index contributed by atoms with van der Waals surface area (Å²) in [6.07, 6.45) is 1.04. The fourth-order valence-corrected chi connectivity index (χ4v) is 1.85. The fourth-order valence-electron chi connectivity index (χ4n) is 1.85. The van der Waals surface area contributed by atoms with E-state index < -0.39 is 11.6 Å². The summed E-state index contributed by atoms with van der Waals surface area (Å²) >= 11 is 0. The highest BCUT2D eigenvalue weighted by Crippen LogP contribution is 2.26. The van der Waals surface area contributed by atoms with Crippen LogP contribution in [0.5, 0.6) is 0 Å². The van der Waals surface area contributed by atoms with Gasteiger partial charge in [-0.3, -0.25) is 0 Å². The summed E-state index contributed by atoms with van der Waals surface area (Å²) in [4.78, 5) is 0. The molecule has 1 aromatic heterocycles. The first-order chi connectivity index (χ1) is 9.11. The molecule has 2 rings (SSSR count). The zero-order chi connectivity index (χ0) is 13.8. The zero-order valence-corrected chi connectivity index (χ0v) is 11.0. The van der Waals surface area contributed by atoms with Crippen molar-refractivity contribution in [1.29, 1.82) is 0 Å². The van der Waals surface area contributed by atoms with Gasteiger partial charge in [-0.05, 0) is 50.2 Å². The standard InChI is InChI=1S/C15H17F2NO/c1-3-8-18-10(2)14-6-7-15(19-14)11-4-5-12(16)13(17)9-11/h4-7,9-10,18H,3,8H2,1-2H3. The van der Waals surface area contributed by atoms with Crippen LogP contribution >= 0.6 is 0 Å². The van der Waals surface area contributed by atoms with Gasteiger partial charge < -0.3 is 9.73 Å². The van der Waals surface area contributed by atoms with Crippen LogP contribution < -0.4 is 5.32 Å². The van der Waals surface area contributed by atoms with E-state index in [9.17, 15) is 8.78 Å². The Kier molecular flexibility index (Phi) is 4.32. The van der Waals surface area contributed by atoms with Gasteiger partial charge in [-0.15, -0.1) is 0 Å². The van der Waals surface area contributed by atoms with E-state index in [1.165, 1.54) is 6.07 Å². The second kappa shape index (κ2) is 5.97. The van der Waals surface area contributed by atoms with Gasteiger partial charge in [0, 0.05) is 5.56 Å². The van der Waals surface area contributed by atoms with Crippen LogP contribution in [0.3, 0.4) is 0 Å². The van der Waals surface area contributed by atoms with Gasteiger partial charge in [0.1, 0.15) is 11.5 Å². The molecule has 4 heteroatoms. The maximum Gasteiger partial charge on any atom is 0.159 e. The normalized spacial score (nSPS) is 12.6. The van der Waals surface area contributed by atoms with Crippen LogP contribution in [0.1, 0.15) is 32.1 Å². The van der Waals surface area contributed by atoms with E-state index in [-0.39, 0.29) is 6.04 Å². The first-order valence-corrected chi connectivity index (χ1v) is 6.40. The van der Waals surface area contributed by atoms with Gasteiger partial charge in [0.15, 0.2) is 11.6 Å². The fraction of sp³-hybridized carbons (Fsp3) is 0.333. The van der Waals surface area contributed by atoms with Gasteiger partial charge in [-0.1, -0.05) is 6.92 Å². The number of hydrogen-bond donors (Lipinski definition) is 1. The van der Waals surface area contributed by atoms with E-state index in [2.05, 4.69) is 12.2 Å². The van der Waals surface area contributed by atoms with Gasteiger partial charge in [-0.2, -0.15) is 0 Å². The predicted molar refractivity (Wildman–Crippen MR) is 70.8 cm³/mol. The third kappa shape index (κ3) is 3.20. The molecule has 0 aliphatic carbocycles. The predicted octanol–water partition coefficient (Wildman–Crippen LogP) is 4.29. The first kappa shape index (κ1) is 13.7. The van der Waals surface area contributed by atoms with Crippen molar-refractivity contribution in [3.05, 3.63) is 47.7 Å². The van der Waals surface area contributed by atoms with Crippen molar-refractivity contribution in [2.45, 2.75) is 26.3 Å². The molecule has 0 spiro atoms. The van der Waals surface area contributed by atoms with Crippen LogP contribution in [0.15, 0.2) is 34.7 Å². The van der Waals surface area contributed by atoms with Gasteiger partial charge in [0.05, 0.1) is 6.04 Å². The van der Waals surface area contributed by atoms with Crippen LogP contribution in [-0.4, -0.2) is 6.54 Å². The quantitative estimate of drug-likeness (QED) is 0.872. The Morgan fingerprint density at radius 2 is 1.95 bits per heavy atom. The second-order valence-corrected chi connectivity index (χ2v) is 4.51. The number of nitrogens with one attached hydrogen (secondary N) is 1. The summed E-state index contributed by atoms with van der Waals surface area (Å²) in [5.41, 5.74) is 0.535. The highest BCUT2D eigenvalue weighted by atomic mass is 19.2. The molecule has 102 valence electrons. The molecule has 2 aromatic rings. The van der Waals surface area contributed by atoms with Gasteiger partial charge in [0.2, 0.25) is 0 Å². The van der Waals surface area contributed by atoms with Crippen molar-refractivity contribution < 1.29 is 13.2 Å². The molecular formula is C15H17F2NO. The van der Waals surface area contributed by atoms with Crippen LogP contribution in [-0.2, 0) is 0 Å². The molecule has 1 N–H and O–H groups in total. The number of halogens is 2. The zero-order valence-electron chi connectivity index (χ0n) is 11.0. The van der Waals surface area contributed by atoms with E-state index in [4.69, 9.17) is 4.42 Å². The van der Waals surface area contributed by atoms with Crippen LogP contribution in [0.2, 0.25) is 0 Å². The summed E-state index contributed by atoms with van der Waals surface area (Å²) in [6, 6.07) is 7.47. The highest BCUT2D eigenvalue weighted by Gasteiger charge is 2.12. The third-order valence-electron chi connectivity index (χ3n) is 2.96. The van der Waals surface area contributed by atoms with Crippen molar-refractivity contribution in [3.63, 3.8) is 0 Å². The molecular weight excluding hydrogens is 248 g/mol. The molecule has 0 amide bonds. The summed E-state index contributed by atoms with van der Waals surface area (Å²) < 4.78 is 31.7. The maximum atomic E-state index is 13.2. The van der Waals surface area contributed by atoms with Crippen LogP contribution in [0.25, 0.3) is 11.3 Å². The topological polar surface area (TPSA) is 25.2 Å². The Balaban J connectivity index is 2.18. The summed E-state index contributed by atoms with van der Waals surface area (Å²) in [5, 5.41) is 3.31. The Hall–Kier alpha value is -1.68. The third-order valence-corrected chi connectivity index (χ3v) is 2.96. The smallest absolute Gasteiger partial charge is 0.159 e. The molecule has 0 saturated heterocycles. The molecule has 1 unspecified atom stereocenters. The number of benzene rings is 1. The molecule has 0 bridgehead atoms. The average molecular weight is 265 g/mol. The molecule has 1 heterocycles. The van der Waals surface area contributed by atoms with E-state index in [0.29, 0.717) is 11.3 Å². The lowest BCUT2D eigenvalue weighted by Crippen LogP contribution is -2.18. The second-order valence-electron chi connectivity index (χ2n) is 4.51. The van der Waals surface area contributed by atoms with Crippen molar-refractivity contribution in [3.8, 4) is 11.3 Å². The van der Waals surface area contributed by atoms with Crippen molar-refractivity contribution >= 4 is 0 Å². The molecule has 1 aromatic carbocycles. The first-order valence-electron chi connectivity index (χ1n) is 6.40. The van der Waals surface area contributed by atoms with E-state index in [1.54, 1.807) is 6.07 Å². The molecule has 2 nitrogen and oxygen atoms in total. The van der Waals surface area contributed by atoms with E-state index in [1.807, 2.05) is 13.0 Å². The van der Waals surface area contributed by atoms with E-state index >= 15 is 0 Å². The molecule has 0 saturated carbocycles. The average Bonchev–Trinajstić information content (AvgIpc) is 2.89. The lowest BCUT2D eigenvalue weighted by atomic mass is 10.1. The minimum absolute atomic E-state index is 0.0963. The maximum absolute atomic E-state index is 13.2. The number of rotatable bonds is 5. The number of hydrogen-bond acceptors (Lipinski definition) is 2. The van der Waals surface area contributed by atoms with Crippen LogP contribution in [0, 0.1) is 11.6 Å². The molecule has 0 fully saturated rings. The van der Waals surface area contributed by atoms with Crippen LogP contribution in [0.4, 0.5) is 8.78 Å². The molecule has 19 heavy (non-hydrogen) atoms. The van der Waals surface area contributed by atoms with Gasteiger partial charge in [-0.25, -0.2) is 8.78 Å². The minimum Gasteiger partial charge on any atom is -0.459 e. The largest absolute Gasteiger partial charge is 0.459 e. The lowest BCUT2D eigenvalue weighted by molar-refractivity contribution is 0.438. The molecule has 0 radical (unpaired) electrons. The summed E-state index contributed by atoms with van der Waals surface area (Å²) in [7, 11) is 0. The highest BCUT2D eigenvalue weighted by molar-refractivity contribution is 5.57. The SMILES string of the molecule is CCCNC(C)c1ccc(-c2ccc(F)c(F)c2)o1. The monoisotopic (exact) mass is 265 g/mol. The Morgan fingerprint density at radius 3 is 2.63 bits per heavy atom. The van der Waals surface area contributed by atoms with E-state index in [0.717, 1.165) is 30.9 Å². The lowest BCUT2D eigenvalue weighted by Gasteiger charge is -2.09. The van der Waals surface area contributed by atoms with Gasteiger partial charge in [0.25, 0.3) is 0 Å². The Labute approximate surface area is 111 Å². The van der Waals surface area contributed by atoms with Gasteiger partial charge >= 0.3 is 0 Å². The summed E-state index contributed by atoms with van der Waals surface area (Å²) in [5.74, 6) is -0.395. The van der Waals surface area contributed by atoms with Crippen molar-refractivity contribution in [1.82, 2.24) is 5.32 Å².